The Bertz CT molecular complexity index is 593. The van der Waals surface area contributed by atoms with Crippen molar-refractivity contribution in [3.8, 4) is 0 Å². The van der Waals surface area contributed by atoms with Gasteiger partial charge in [-0.2, -0.15) is 4.39 Å². The molecule has 0 radical (unpaired) electrons. The van der Waals surface area contributed by atoms with Gasteiger partial charge in [0.15, 0.2) is 6.23 Å². The second-order valence-electron chi connectivity index (χ2n) is 3.87. The predicted molar refractivity (Wildman–Crippen MR) is 57.4 cm³/mol. The molecule has 0 aromatic carbocycles. The number of rotatable bonds is 2. The number of aromatic nitrogens is 2. The Morgan fingerprint density at radius 3 is 2.78 bits per heavy atom. The summed E-state index contributed by atoms with van der Waals surface area (Å²) in [6, 6.07) is 0. The molecule has 2 heterocycles. The van der Waals surface area contributed by atoms with Crippen LogP contribution < -0.4 is 11.2 Å². The zero-order valence-corrected chi connectivity index (χ0v) is 9.17. The third-order valence-corrected chi connectivity index (χ3v) is 2.71. The molecule has 1 aromatic heterocycles. The second kappa shape index (κ2) is 4.48. The highest BCUT2D eigenvalue weighted by Gasteiger charge is 2.38. The topological polar surface area (TPSA) is 105 Å². The average Bonchev–Trinajstić information content (AvgIpc) is 2.61. The van der Waals surface area contributed by atoms with Crippen LogP contribution in [-0.4, -0.2) is 38.6 Å². The van der Waals surface area contributed by atoms with Gasteiger partial charge >= 0.3 is 5.69 Å². The van der Waals surface area contributed by atoms with Crippen LogP contribution in [0.2, 0.25) is 0 Å². The highest BCUT2D eigenvalue weighted by atomic mass is 19.1. The summed E-state index contributed by atoms with van der Waals surface area (Å²) in [4.78, 5) is 24.1. The molecule has 8 heteroatoms. The van der Waals surface area contributed by atoms with E-state index in [2.05, 4.69) is 6.58 Å². The largest absolute Gasteiger partial charge is 0.394 e. The normalized spacial score (nSPS) is 27.7. The summed E-state index contributed by atoms with van der Waals surface area (Å²) >= 11 is 0. The Morgan fingerprint density at radius 2 is 2.22 bits per heavy atom. The lowest BCUT2D eigenvalue weighted by molar-refractivity contribution is -0.0450. The monoisotopic (exact) mass is 258 g/mol. The van der Waals surface area contributed by atoms with Crippen molar-refractivity contribution in [3.05, 3.63) is 45.0 Å². The van der Waals surface area contributed by atoms with Crippen molar-refractivity contribution in [2.75, 3.05) is 6.61 Å². The smallest absolute Gasteiger partial charge is 0.330 e. The maximum atomic E-state index is 13.1. The van der Waals surface area contributed by atoms with E-state index in [1.807, 2.05) is 0 Å². The van der Waals surface area contributed by atoms with Gasteiger partial charge in [-0.3, -0.25) is 14.3 Å². The minimum atomic E-state index is -1.16. The number of ether oxygens (including phenoxy) is 1. The van der Waals surface area contributed by atoms with Gasteiger partial charge < -0.3 is 14.9 Å². The van der Waals surface area contributed by atoms with Crippen molar-refractivity contribution in [1.82, 2.24) is 9.55 Å². The molecule has 3 atom stereocenters. The molecule has 1 aliphatic heterocycles. The first-order chi connectivity index (χ1) is 8.45. The van der Waals surface area contributed by atoms with Gasteiger partial charge in [-0.1, -0.05) is 6.58 Å². The summed E-state index contributed by atoms with van der Waals surface area (Å²) in [6.07, 6.45) is -2.56. The number of aromatic amines is 1. The van der Waals surface area contributed by atoms with Crippen LogP contribution in [-0.2, 0) is 4.74 Å². The molecule has 0 amide bonds. The van der Waals surface area contributed by atoms with Crippen LogP contribution in [0.4, 0.5) is 4.39 Å². The van der Waals surface area contributed by atoms with Gasteiger partial charge in [0.25, 0.3) is 5.56 Å². The van der Waals surface area contributed by atoms with Crippen LogP contribution in [0, 0.1) is 5.82 Å². The SMILES string of the molecule is C=C1[C@H](n2cc(F)c(=O)[nH]c2=O)O[C@H](CO)[C@H]1O. The van der Waals surface area contributed by atoms with Gasteiger partial charge in [-0.15, -0.1) is 0 Å². The zero-order chi connectivity index (χ0) is 13.4. The molecule has 0 unspecified atom stereocenters. The Labute approximate surface area is 99.8 Å². The second-order valence-corrected chi connectivity index (χ2v) is 3.87. The van der Waals surface area contributed by atoms with Crippen LogP contribution in [0.5, 0.6) is 0 Å². The van der Waals surface area contributed by atoms with E-state index in [4.69, 9.17) is 9.84 Å². The molecule has 1 aromatic rings. The Hall–Kier alpha value is -1.77. The third kappa shape index (κ3) is 1.90. The Kier molecular flexibility index (Phi) is 3.16. The fourth-order valence-corrected chi connectivity index (χ4v) is 1.73. The van der Waals surface area contributed by atoms with Crippen molar-refractivity contribution in [1.29, 1.82) is 0 Å². The number of aliphatic hydroxyl groups is 2. The molecule has 0 spiro atoms. The van der Waals surface area contributed by atoms with Crippen molar-refractivity contribution < 1.29 is 19.3 Å². The summed E-state index contributed by atoms with van der Waals surface area (Å²) in [5.74, 6) is -1.16. The van der Waals surface area contributed by atoms with Crippen molar-refractivity contribution in [2.24, 2.45) is 0 Å². The van der Waals surface area contributed by atoms with Gasteiger partial charge in [-0.05, 0) is 0 Å². The molecule has 1 fully saturated rings. The number of nitrogens with one attached hydrogen (secondary N) is 1. The minimum absolute atomic E-state index is 0.0996. The molecule has 98 valence electrons. The van der Waals surface area contributed by atoms with Gasteiger partial charge in [0.1, 0.15) is 12.2 Å². The number of H-pyrrole nitrogens is 1. The van der Waals surface area contributed by atoms with Gasteiger partial charge in [-0.25, -0.2) is 4.79 Å². The van der Waals surface area contributed by atoms with E-state index < -0.39 is 42.1 Å². The third-order valence-electron chi connectivity index (χ3n) is 2.71. The molecule has 1 saturated heterocycles. The number of nitrogens with zero attached hydrogens (tertiary/aromatic N) is 1. The quantitative estimate of drug-likeness (QED) is 0.559. The summed E-state index contributed by atoms with van der Waals surface area (Å²) < 4.78 is 19.0. The molecule has 7 nitrogen and oxygen atoms in total. The van der Waals surface area contributed by atoms with Crippen molar-refractivity contribution >= 4 is 0 Å². The molecule has 3 N–H and O–H groups in total. The molecule has 2 rings (SSSR count). The highest BCUT2D eigenvalue weighted by molar-refractivity contribution is 5.15. The van der Waals surface area contributed by atoms with Crippen LogP contribution in [0.25, 0.3) is 0 Å². The minimum Gasteiger partial charge on any atom is -0.394 e. The lowest BCUT2D eigenvalue weighted by atomic mass is 10.1. The first-order valence-electron chi connectivity index (χ1n) is 5.09. The maximum Gasteiger partial charge on any atom is 0.330 e. The van der Waals surface area contributed by atoms with Crippen LogP contribution in [0.3, 0.4) is 0 Å². The molecular weight excluding hydrogens is 247 g/mol. The first kappa shape index (κ1) is 12.7. The molecule has 18 heavy (non-hydrogen) atoms. The van der Waals surface area contributed by atoms with E-state index in [0.29, 0.717) is 6.20 Å². The summed E-state index contributed by atoms with van der Waals surface area (Å²) in [5, 5.41) is 18.6. The lowest BCUT2D eigenvalue weighted by Gasteiger charge is -2.14. The molecule has 0 bridgehead atoms. The van der Waals surface area contributed by atoms with E-state index in [1.165, 1.54) is 0 Å². The standard InChI is InChI=1S/C10H11FN2O5/c1-4-7(15)6(3-14)18-9(4)13-2-5(11)8(16)12-10(13)17/h2,6-7,9,14-15H,1,3H2,(H,12,16,17)/t6-,7+,9-/m1/s1. The van der Waals surface area contributed by atoms with E-state index in [0.717, 1.165) is 4.57 Å². The predicted octanol–water partition coefficient (Wildman–Crippen LogP) is -1.52. The lowest BCUT2D eigenvalue weighted by Crippen LogP contribution is -2.34. The van der Waals surface area contributed by atoms with E-state index in [-0.39, 0.29) is 5.57 Å². The number of aliphatic hydroxyl groups excluding tert-OH is 2. The van der Waals surface area contributed by atoms with Gasteiger partial charge in [0.2, 0.25) is 5.82 Å². The Morgan fingerprint density at radius 1 is 1.56 bits per heavy atom. The summed E-state index contributed by atoms with van der Waals surface area (Å²) in [6.45, 7) is 3.05. The van der Waals surface area contributed by atoms with Crippen molar-refractivity contribution in [2.45, 2.75) is 18.4 Å². The molecular formula is C10H11FN2O5. The van der Waals surface area contributed by atoms with E-state index in [1.54, 1.807) is 4.98 Å². The average molecular weight is 258 g/mol. The number of hydrogen-bond donors (Lipinski definition) is 3. The summed E-state index contributed by atoms with van der Waals surface area (Å²) in [5.41, 5.74) is -1.93. The van der Waals surface area contributed by atoms with E-state index in [9.17, 15) is 19.1 Å². The molecule has 1 aliphatic rings. The van der Waals surface area contributed by atoms with Crippen molar-refractivity contribution in [3.63, 3.8) is 0 Å². The fourth-order valence-electron chi connectivity index (χ4n) is 1.73. The van der Waals surface area contributed by atoms with Crippen LogP contribution in [0.15, 0.2) is 27.9 Å². The van der Waals surface area contributed by atoms with Gasteiger partial charge in [0.05, 0.1) is 12.8 Å². The fraction of sp³-hybridized carbons (Fsp3) is 0.400. The molecule has 0 saturated carbocycles. The zero-order valence-electron chi connectivity index (χ0n) is 9.17. The maximum absolute atomic E-state index is 13.1. The highest BCUT2D eigenvalue weighted by Crippen LogP contribution is 2.31. The molecule has 0 aliphatic carbocycles. The number of hydrogen-bond acceptors (Lipinski definition) is 5. The Balaban J connectivity index is 2.45. The van der Waals surface area contributed by atoms with Crippen LogP contribution >= 0.6 is 0 Å². The summed E-state index contributed by atoms with van der Waals surface area (Å²) in [7, 11) is 0. The first-order valence-corrected chi connectivity index (χ1v) is 5.09. The number of halogens is 1. The van der Waals surface area contributed by atoms with E-state index >= 15 is 0 Å². The van der Waals surface area contributed by atoms with Crippen LogP contribution in [0.1, 0.15) is 6.23 Å². The van der Waals surface area contributed by atoms with Gasteiger partial charge in [0, 0.05) is 5.57 Å².